The van der Waals surface area contributed by atoms with Crippen LogP contribution in [0.2, 0.25) is 0 Å². The number of fused-ring (bicyclic) bond motifs is 4. The van der Waals surface area contributed by atoms with E-state index >= 15 is 0 Å². The van der Waals surface area contributed by atoms with Crippen LogP contribution in [0, 0.1) is 43.1 Å². The molecule has 2 aliphatic carbocycles. The first kappa shape index (κ1) is 45.6. The van der Waals surface area contributed by atoms with Crippen molar-refractivity contribution in [3.05, 3.63) is 137 Å². The molecule has 5 heterocycles. The minimum absolute atomic E-state index is 0.0226. The second-order valence-electron chi connectivity index (χ2n) is 18.2. The van der Waals surface area contributed by atoms with Crippen LogP contribution in [0.4, 0.5) is 13.2 Å². The van der Waals surface area contributed by atoms with E-state index in [0.717, 1.165) is 88.2 Å². The Bertz CT molecular complexity index is 3170. The van der Waals surface area contributed by atoms with E-state index in [1.54, 1.807) is 33.5 Å². The Balaban J connectivity index is 0.000000168. The zero-order chi connectivity index (χ0) is 47.3. The Morgan fingerprint density at radius 2 is 1.27 bits per heavy atom. The van der Waals surface area contributed by atoms with Crippen molar-refractivity contribution in [1.82, 2.24) is 28.7 Å². The average molecular weight is 933 g/mol. The van der Waals surface area contributed by atoms with Gasteiger partial charge in [-0.2, -0.15) is 0 Å². The molecule has 67 heavy (non-hydrogen) atoms. The standard InChI is InChI=1S/C26H25FN4O3.C25H26F2N2O3S/c1-15-24(20-13-18(27)7-11-22(20)31(15)14-23(32)33)16-4-8-19(9-5-16)29-26(34)21-10-6-17-3-2-12-28-25(17)30-21;1-15-25(22-11-20(27)5-8-23(22)29(15)14-24(30)31)16-9-17-12-28(13-18(17)10-16)33(2,32)21-6-3-19(26)4-7-21/h2-3,6-7,10-13,16,19H,4-5,8-9,14H2,1H3,(H,29,34)(H,32,33);3-8,11,16-18H,2,9-10,12-14H2,1H3,(H,30,31). The van der Waals surface area contributed by atoms with Crippen LogP contribution >= 0.6 is 0 Å². The Morgan fingerprint density at radius 3 is 1.82 bits per heavy atom. The number of amides is 1. The smallest absolute Gasteiger partial charge is 0.323 e. The van der Waals surface area contributed by atoms with Gasteiger partial charge in [-0.15, -0.1) is 0 Å². The normalized spacial score (nSPS) is 21.5. The van der Waals surface area contributed by atoms with Gasteiger partial charge in [0.25, 0.3) is 5.91 Å². The molecule has 0 radical (unpaired) electrons. The molecule has 7 aromatic rings. The SMILES string of the molecule is C=S(=O)(c1ccc(F)cc1)N1CC2CC(c3c(C)n(CC(=O)O)c4ccc(F)cc34)CC2C1.Cc1c(C2CCC(NC(=O)c3ccc4cccnc4n3)CC2)c2cc(F)ccc2n1CC(=O)O. The second-order valence-corrected chi connectivity index (χ2v) is 20.4. The highest BCUT2D eigenvalue weighted by Crippen LogP contribution is 2.50. The van der Waals surface area contributed by atoms with E-state index in [-0.39, 0.29) is 54.3 Å². The minimum atomic E-state index is -2.69. The number of nitrogens with zero attached hydrogens (tertiary/aromatic N) is 5. The number of carbonyl (C=O) groups is 3. The molecule has 10 rings (SSSR count). The Hall–Kier alpha value is -6.52. The van der Waals surface area contributed by atoms with Gasteiger partial charge in [-0.1, -0.05) is 0 Å². The minimum Gasteiger partial charge on any atom is -0.480 e. The summed E-state index contributed by atoms with van der Waals surface area (Å²) in [5.41, 5.74) is 6.14. The first-order valence-corrected chi connectivity index (χ1v) is 24.1. The summed E-state index contributed by atoms with van der Waals surface area (Å²) in [7, 11) is -2.69. The van der Waals surface area contributed by atoms with Gasteiger partial charge in [0.05, 0.1) is 9.71 Å². The van der Waals surface area contributed by atoms with Crippen molar-refractivity contribution >= 4 is 66.3 Å². The number of carbonyl (C=O) groups excluding carboxylic acids is 1. The predicted molar refractivity (Wildman–Crippen MR) is 251 cm³/mol. The van der Waals surface area contributed by atoms with Crippen molar-refractivity contribution in [2.75, 3.05) is 13.1 Å². The van der Waals surface area contributed by atoms with Crippen molar-refractivity contribution in [3.63, 3.8) is 0 Å². The van der Waals surface area contributed by atoms with Crippen molar-refractivity contribution in [2.24, 2.45) is 11.8 Å². The lowest BCUT2D eigenvalue weighted by molar-refractivity contribution is -0.138. The van der Waals surface area contributed by atoms with Crippen LogP contribution < -0.4 is 5.32 Å². The van der Waals surface area contributed by atoms with E-state index < -0.39 is 21.6 Å². The van der Waals surface area contributed by atoms with Crippen LogP contribution in [0.25, 0.3) is 32.8 Å². The third-order valence-corrected chi connectivity index (χ3v) is 16.3. The highest BCUT2D eigenvalue weighted by Gasteiger charge is 2.45. The van der Waals surface area contributed by atoms with E-state index in [1.165, 1.54) is 48.5 Å². The Labute approximate surface area is 385 Å². The van der Waals surface area contributed by atoms with Crippen molar-refractivity contribution < 1.29 is 42.0 Å². The van der Waals surface area contributed by atoms with E-state index in [9.17, 15) is 42.0 Å². The largest absolute Gasteiger partial charge is 0.480 e. The van der Waals surface area contributed by atoms with Crippen LogP contribution in [0.3, 0.4) is 0 Å². The number of carboxylic acid groups (broad SMARTS) is 2. The monoisotopic (exact) mass is 932 g/mol. The zero-order valence-electron chi connectivity index (χ0n) is 37.1. The molecule has 348 valence electrons. The molecule has 3 N–H and O–H groups in total. The number of hydrogen-bond acceptors (Lipinski definition) is 6. The van der Waals surface area contributed by atoms with E-state index in [2.05, 4.69) is 21.2 Å². The van der Waals surface area contributed by atoms with Gasteiger partial charge in [-0.25, -0.2) is 31.7 Å². The first-order chi connectivity index (χ1) is 32.0. The summed E-state index contributed by atoms with van der Waals surface area (Å²) in [5, 5.41) is 24.3. The van der Waals surface area contributed by atoms with Gasteiger partial charge >= 0.3 is 11.9 Å². The predicted octanol–water partition coefficient (Wildman–Crippen LogP) is 9.00. The number of pyridine rings is 2. The Morgan fingerprint density at radius 1 is 0.731 bits per heavy atom. The molecule has 3 aromatic carbocycles. The fraction of sp³-hybridized carbons (Fsp3) is 0.333. The van der Waals surface area contributed by atoms with Gasteiger partial charge in [-0.05, 0) is 178 Å². The summed E-state index contributed by atoms with van der Waals surface area (Å²) in [6.45, 7) is 4.77. The fourth-order valence-electron chi connectivity index (χ4n) is 11.1. The van der Waals surface area contributed by atoms with Crippen LogP contribution in [0.5, 0.6) is 0 Å². The maximum absolute atomic E-state index is 14.1. The molecule has 3 unspecified atom stereocenters. The maximum atomic E-state index is 14.1. The number of aromatic nitrogens is 4. The van der Waals surface area contributed by atoms with Crippen molar-refractivity contribution in [3.8, 4) is 0 Å². The molecule has 3 fully saturated rings. The molecule has 16 heteroatoms. The number of nitrogens with one attached hydrogen (secondary N) is 1. The highest BCUT2D eigenvalue weighted by molar-refractivity contribution is 7.98. The molecule has 1 aliphatic heterocycles. The van der Waals surface area contributed by atoms with Gasteiger partial charge in [0, 0.05) is 68.8 Å². The summed E-state index contributed by atoms with van der Waals surface area (Å²) < 4.78 is 60.4. The van der Waals surface area contributed by atoms with Gasteiger partial charge in [0.1, 0.15) is 36.2 Å². The highest BCUT2D eigenvalue weighted by atomic mass is 32.2. The molecule has 2 saturated carbocycles. The number of halogens is 3. The maximum Gasteiger partial charge on any atom is 0.323 e. The molecule has 0 bridgehead atoms. The van der Waals surface area contributed by atoms with Gasteiger partial charge < -0.3 is 24.7 Å². The van der Waals surface area contributed by atoms with Crippen LogP contribution in [0.15, 0.2) is 96.0 Å². The summed E-state index contributed by atoms with van der Waals surface area (Å²) >= 11 is 0. The topological polar surface area (TPSA) is 160 Å². The van der Waals surface area contributed by atoms with Crippen molar-refractivity contribution in [1.29, 1.82) is 0 Å². The first-order valence-electron chi connectivity index (χ1n) is 22.5. The Kier molecular flexibility index (Phi) is 12.5. The lowest BCUT2D eigenvalue weighted by atomic mass is 9.80. The molecule has 0 spiro atoms. The lowest BCUT2D eigenvalue weighted by Crippen LogP contribution is -2.37. The number of hydrogen-bond donors (Lipinski definition) is 3. The van der Waals surface area contributed by atoms with E-state index in [1.807, 2.05) is 36.4 Å². The third kappa shape index (κ3) is 9.04. The van der Waals surface area contributed by atoms with Gasteiger partial charge in [-0.3, -0.25) is 14.4 Å². The molecule has 12 nitrogen and oxygen atoms in total. The van der Waals surface area contributed by atoms with Gasteiger partial charge in [0.15, 0.2) is 5.65 Å². The zero-order valence-corrected chi connectivity index (χ0v) is 37.9. The van der Waals surface area contributed by atoms with Gasteiger partial charge in [0.2, 0.25) is 0 Å². The number of aliphatic carboxylic acids is 2. The molecule has 1 saturated heterocycles. The lowest BCUT2D eigenvalue weighted by Gasteiger charge is -2.29. The quantitative estimate of drug-likeness (QED) is 0.115. The summed E-state index contributed by atoms with van der Waals surface area (Å²) in [5.74, 6) is 1.87. The van der Waals surface area contributed by atoms with Crippen LogP contribution in [0.1, 0.15) is 83.4 Å². The fourth-order valence-corrected chi connectivity index (χ4v) is 12.8. The summed E-state index contributed by atoms with van der Waals surface area (Å²) in [6.07, 6.45) is 6.58. The van der Waals surface area contributed by atoms with E-state index in [4.69, 9.17) is 0 Å². The molecule has 3 atom stereocenters. The van der Waals surface area contributed by atoms with Crippen molar-refractivity contribution in [2.45, 2.75) is 88.2 Å². The number of rotatable bonds is 10. The molecule has 1 amide bonds. The number of carboxylic acids is 2. The molecular weight excluding hydrogens is 882 g/mol. The molecule has 3 aliphatic rings. The average Bonchev–Trinajstić information content (AvgIpc) is 4.02. The number of benzene rings is 3. The molecular formula is C51H51F3N6O6S. The van der Waals surface area contributed by atoms with E-state index in [0.29, 0.717) is 41.2 Å². The van der Waals surface area contributed by atoms with Crippen LogP contribution in [-0.2, 0) is 32.4 Å². The summed E-state index contributed by atoms with van der Waals surface area (Å²) in [6, 6.07) is 22.1. The third-order valence-electron chi connectivity index (χ3n) is 14.1. The summed E-state index contributed by atoms with van der Waals surface area (Å²) in [4.78, 5) is 44.7. The van der Waals surface area contributed by atoms with Crippen LogP contribution in [-0.4, -0.2) is 80.7 Å². The molecule has 4 aromatic heterocycles. The second kappa shape index (κ2) is 18.3.